The number of hydrogen-bond donors (Lipinski definition) is 2. The van der Waals surface area contributed by atoms with E-state index in [0.29, 0.717) is 17.7 Å². The Hall–Kier alpha value is -2.08. The molecule has 2 N–H and O–H groups in total. The van der Waals surface area contributed by atoms with Crippen LogP contribution in [0.2, 0.25) is 0 Å². The monoisotopic (exact) mass is 292 g/mol. The lowest BCUT2D eigenvalue weighted by molar-refractivity contribution is 0.471. The smallest absolute Gasteiger partial charge is 0.233 e. The van der Waals surface area contributed by atoms with Gasteiger partial charge in [-0.15, -0.1) is 0 Å². The Bertz CT molecular complexity index is 685. The van der Waals surface area contributed by atoms with E-state index in [-0.39, 0.29) is 11.5 Å². The van der Waals surface area contributed by atoms with Crippen LogP contribution in [0.1, 0.15) is 11.1 Å². The van der Waals surface area contributed by atoms with E-state index in [2.05, 4.69) is 9.71 Å². The van der Waals surface area contributed by atoms with E-state index in [4.69, 9.17) is 0 Å². The van der Waals surface area contributed by atoms with Crippen molar-refractivity contribution >= 4 is 15.7 Å². The second-order valence-electron chi connectivity index (χ2n) is 4.53. The summed E-state index contributed by atoms with van der Waals surface area (Å²) < 4.78 is 26.4. The quantitative estimate of drug-likeness (QED) is 0.884. The first-order valence-corrected chi connectivity index (χ1v) is 7.80. The van der Waals surface area contributed by atoms with Gasteiger partial charge in [0.15, 0.2) is 0 Å². The molecule has 0 aliphatic carbocycles. The first-order chi connectivity index (χ1) is 9.46. The van der Waals surface area contributed by atoms with E-state index in [1.54, 1.807) is 43.6 Å². The van der Waals surface area contributed by atoms with Crippen molar-refractivity contribution < 1.29 is 13.5 Å². The van der Waals surface area contributed by atoms with Crippen LogP contribution in [0, 0.1) is 6.92 Å². The molecule has 0 radical (unpaired) electrons. The van der Waals surface area contributed by atoms with Crippen molar-refractivity contribution in [3.63, 3.8) is 0 Å². The van der Waals surface area contributed by atoms with Gasteiger partial charge in [0.1, 0.15) is 5.75 Å². The van der Waals surface area contributed by atoms with Gasteiger partial charge in [-0.3, -0.25) is 9.71 Å². The summed E-state index contributed by atoms with van der Waals surface area (Å²) in [6.07, 6.45) is 3.68. The molecule has 0 spiro atoms. The molecule has 0 saturated carbocycles. The number of aryl methyl sites for hydroxylation is 2. The fourth-order valence-corrected chi connectivity index (χ4v) is 2.80. The van der Waals surface area contributed by atoms with Gasteiger partial charge in [0.2, 0.25) is 10.0 Å². The van der Waals surface area contributed by atoms with Gasteiger partial charge >= 0.3 is 0 Å². The average molecular weight is 292 g/mol. The van der Waals surface area contributed by atoms with Gasteiger partial charge in [0.05, 0.1) is 11.4 Å². The van der Waals surface area contributed by atoms with Gasteiger partial charge in [0.25, 0.3) is 0 Å². The molecule has 1 heterocycles. The molecule has 0 aliphatic heterocycles. The number of aromatic nitrogens is 1. The third-order valence-corrected chi connectivity index (χ3v) is 4.18. The van der Waals surface area contributed by atoms with Gasteiger partial charge in [-0.05, 0) is 42.7 Å². The van der Waals surface area contributed by atoms with Crippen molar-refractivity contribution in [2.45, 2.75) is 13.3 Å². The van der Waals surface area contributed by atoms with Crippen LogP contribution in [0.3, 0.4) is 0 Å². The largest absolute Gasteiger partial charge is 0.508 e. The van der Waals surface area contributed by atoms with E-state index in [9.17, 15) is 13.5 Å². The minimum atomic E-state index is -3.44. The topological polar surface area (TPSA) is 79.3 Å². The standard InChI is InChI=1S/C14H16N2O3S/c1-11-2-3-13(10-14(11)17)16-20(18,19)9-6-12-4-7-15-8-5-12/h2-5,7-8,10,16-17H,6,9H2,1H3. The molecule has 5 nitrogen and oxygen atoms in total. The summed E-state index contributed by atoms with van der Waals surface area (Å²) in [4.78, 5) is 3.88. The van der Waals surface area contributed by atoms with E-state index >= 15 is 0 Å². The number of rotatable bonds is 5. The number of phenols is 1. The van der Waals surface area contributed by atoms with Crippen molar-refractivity contribution in [2.24, 2.45) is 0 Å². The lowest BCUT2D eigenvalue weighted by atomic mass is 10.2. The molecule has 2 aromatic rings. The van der Waals surface area contributed by atoms with Crippen molar-refractivity contribution in [3.8, 4) is 5.75 Å². The third-order valence-electron chi connectivity index (χ3n) is 2.89. The first-order valence-electron chi connectivity index (χ1n) is 6.15. The molecule has 106 valence electrons. The molecule has 0 fully saturated rings. The summed E-state index contributed by atoms with van der Waals surface area (Å²) >= 11 is 0. The summed E-state index contributed by atoms with van der Waals surface area (Å²) in [5.41, 5.74) is 1.98. The first kappa shape index (κ1) is 14.3. The van der Waals surface area contributed by atoms with Gasteiger partial charge in [-0.25, -0.2) is 8.42 Å². The van der Waals surface area contributed by atoms with Crippen LogP contribution < -0.4 is 4.72 Å². The molecule has 0 unspecified atom stereocenters. The van der Waals surface area contributed by atoms with E-state index in [0.717, 1.165) is 5.56 Å². The highest BCUT2D eigenvalue weighted by molar-refractivity contribution is 7.92. The predicted molar refractivity (Wildman–Crippen MR) is 78.2 cm³/mol. The summed E-state index contributed by atoms with van der Waals surface area (Å²) in [5.74, 6) is 0.0467. The van der Waals surface area contributed by atoms with Gasteiger partial charge in [-0.2, -0.15) is 0 Å². The number of anilines is 1. The third kappa shape index (κ3) is 3.96. The fraction of sp³-hybridized carbons (Fsp3) is 0.214. The highest BCUT2D eigenvalue weighted by atomic mass is 32.2. The molecular formula is C14H16N2O3S. The number of hydrogen-bond acceptors (Lipinski definition) is 4. The molecule has 1 aromatic carbocycles. The molecule has 0 saturated heterocycles. The zero-order valence-electron chi connectivity index (χ0n) is 11.1. The normalized spacial score (nSPS) is 11.2. The van der Waals surface area contributed by atoms with E-state index in [1.165, 1.54) is 6.07 Å². The van der Waals surface area contributed by atoms with Gasteiger partial charge in [-0.1, -0.05) is 6.07 Å². The molecule has 6 heteroatoms. The zero-order valence-corrected chi connectivity index (χ0v) is 11.9. The lowest BCUT2D eigenvalue weighted by Crippen LogP contribution is -2.18. The zero-order chi connectivity index (χ0) is 14.6. The van der Waals surface area contributed by atoms with E-state index in [1.807, 2.05) is 0 Å². The Kier molecular flexibility index (Phi) is 4.24. The Morgan fingerprint density at radius 2 is 1.90 bits per heavy atom. The number of nitrogens with one attached hydrogen (secondary N) is 1. The number of phenolic OH excluding ortho intramolecular Hbond substituents is 1. The fourth-order valence-electron chi connectivity index (χ4n) is 1.71. The Balaban J connectivity index is 2.02. The maximum atomic E-state index is 12.0. The summed E-state index contributed by atoms with van der Waals surface area (Å²) in [5, 5.41) is 9.56. The van der Waals surface area contributed by atoms with Crippen LogP contribution in [-0.2, 0) is 16.4 Å². The predicted octanol–water partition coefficient (Wildman–Crippen LogP) is 2.08. The molecule has 0 aliphatic rings. The minimum absolute atomic E-state index is 0.0222. The number of aromatic hydroxyl groups is 1. The van der Waals surface area contributed by atoms with Crippen molar-refractivity contribution in [1.82, 2.24) is 4.98 Å². The van der Waals surface area contributed by atoms with Gasteiger partial charge in [0, 0.05) is 18.5 Å². The Labute approximate surface area is 118 Å². The average Bonchev–Trinajstić information content (AvgIpc) is 2.42. The SMILES string of the molecule is Cc1ccc(NS(=O)(=O)CCc2ccncc2)cc1O. The summed E-state index contributed by atoms with van der Waals surface area (Å²) in [6, 6.07) is 8.26. The molecule has 20 heavy (non-hydrogen) atoms. The Morgan fingerprint density at radius 3 is 2.55 bits per heavy atom. The van der Waals surface area contributed by atoms with Crippen LogP contribution in [-0.4, -0.2) is 24.3 Å². The summed E-state index contributed by atoms with van der Waals surface area (Å²) in [7, 11) is -3.44. The molecule has 2 rings (SSSR count). The van der Waals surface area contributed by atoms with Crippen molar-refractivity contribution in [2.75, 3.05) is 10.5 Å². The van der Waals surface area contributed by atoms with Crippen LogP contribution in [0.4, 0.5) is 5.69 Å². The van der Waals surface area contributed by atoms with Gasteiger partial charge < -0.3 is 5.11 Å². The van der Waals surface area contributed by atoms with Crippen LogP contribution >= 0.6 is 0 Å². The highest BCUT2D eigenvalue weighted by Gasteiger charge is 2.11. The van der Waals surface area contributed by atoms with Crippen molar-refractivity contribution in [1.29, 1.82) is 0 Å². The van der Waals surface area contributed by atoms with Crippen LogP contribution in [0.25, 0.3) is 0 Å². The number of nitrogens with zero attached hydrogens (tertiary/aromatic N) is 1. The number of pyridine rings is 1. The second kappa shape index (κ2) is 5.92. The molecule has 1 aromatic heterocycles. The number of benzene rings is 1. The summed E-state index contributed by atoms with van der Waals surface area (Å²) in [6.45, 7) is 1.75. The van der Waals surface area contributed by atoms with Crippen molar-refractivity contribution in [3.05, 3.63) is 53.9 Å². The molecular weight excluding hydrogens is 276 g/mol. The highest BCUT2D eigenvalue weighted by Crippen LogP contribution is 2.21. The molecule has 0 bridgehead atoms. The second-order valence-corrected chi connectivity index (χ2v) is 6.37. The van der Waals surface area contributed by atoms with Crippen LogP contribution in [0.5, 0.6) is 5.75 Å². The van der Waals surface area contributed by atoms with Crippen LogP contribution in [0.15, 0.2) is 42.7 Å². The maximum absolute atomic E-state index is 12.0. The Morgan fingerprint density at radius 1 is 1.20 bits per heavy atom. The minimum Gasteiger partial charge on any atom is -0.508 e. The molecule has 0 amide bonds. The molecule has 0 atom stereocenters. The number of sulfonamides is 1. The lowest BCUT2D eigenvalue weighted by Gasteiger charge is -2.09. The maximum Gasteiger partial charge on any atom is 0.233 e. The van der Waals surface area contributed by atoms with E-state index < -0.39 is 10.0 Å².